The first-order chi connectivity index (χ1) is 9.86. The van der Waals surface area contributed by atoms with Crippen LogP contribution in [0.3, 0.4) is 0 Å². The van der Waals surface area contributed by atoms with Crippen LogP contribution in [-0.2, 0) is 0 Å². The van der Waals surface area contributed by atoms with Crippen LogP contribution in [0.4, 0.5) is 0 Å². The lowest BCUT2D eigenvalue weighted by atomic mass is 10.0. The molecule has 0 saturated carbocycles. The van der Waals surface area contributed by atoms with Crippen molar-refractivity contribution in [2.75, 3.05) is 26.8 Å². The van der Waals surface area contributed by atoms with Gasteiger partial charge in [0, 0.05) is 24.0 Å². The largest absolute Gasteiger partial charge is 0.497 e. The van der Waals surface area contributed by atoms with E-state index < -0.39 is 0 Å². The molecule has 20 heavy (non-hydrogen) atoms. The van der Waals surface area contributed by atoms with E-state index in [9.17, 15) is 0 Å². The summed E-state index contributed by atoms with van der Waals surface area (Å²) in [5.41, 5.74) is 0. The zero-order chi connectivity index (χ0) is 13.8. The van der Waals surface area contributed by atoms with E-state index >= 15 is 0 Å². The number of nitrogens with zero attached hydrogens (tertiary/aromatic N) is 1. The summed E-state index contributed by atoms with van der Waals surface area (Å²) >= 11 is 0. The molecule has 2 heterocycles. The molecule has 0 amide bonds. The van der Waals surface area contributed by atoms with Gasteiger partial charge in [0.25, 0.3) is 0 Å². The predicted octanol–water partition coefficient (Wildman–Crippen LogP) is 2.62. The molecule has 4 heteroatoms. The second-order valence-corrected chi connectivity index (χ2v) is 5.23. The summed E-state index contributed by atoms with van der Waals surface area (Å²) in [7, 11) is 1.68. The Morgan fingerprint density at radius 3 is 3.10 bits per heavy atom. The molecule has 2 aromatic rings. The molecule has 1 aromatic heterocycles. The molecular formula is C16H20N2O2. The van der Waals surface area contributed by atoms with Gasteiger partial charge in [0.05, 0.1) is 13.7 Å². The number of nitrogens with one attached hydrogen (secondary N) is 1. The molecule has 1 atom stereocenters. The molecule has 3 rings (SSSR count). The predicted molar refractivity (Wildman–Crippen MR) is 79.4 cm³/mol. The number of benzene rings is 1. The van der Waals surface area contributed by atoms with E-state index in [1.807, 2.05) is 24.3 Å². The maximum atomic E-state index is 5.94. The summed E-state index contributed by atoms with van der Waals surface area (Å²) in [6.07, 6.45) is 4.25. The second-order valence-electron chi connectivity index (χ2n) is 5.23. The van der Waals surface area contributed by atoms with Gasteiger partial charge in [-0.1, -0.05) is 0 Å². The van der Waals surface area contributed by atoms with Crippen LogP contribution in [-0.4, -0.2) is 31.8 Å². The Kier molecular flexibility index (Phi) is 4.02. The van der Waals surface area contributed by atoms with Gasteiger partial charge >= 0.3 is 0 Å². The summed E-state index contributed by atoms with van der Waals surface area (Å²) in [6, 6.07) is 7.94. The van der Waals surface area contributed by atoms with Crippen LogP contribution in [0.25, 0.3) is 10.8 Å². The first-order valence-electron chi connectivity index (χ1n) is 7.13. The molecule has 0 aliphatic carbocycles. The second kappa shape index (κ2) is 6.09. The topological polar surface area (TPSA) is 43.4 Å². The van der Waals surface area contributed by atoms with Crippen LogP contribution >= 0.6 is 0 Å². The van der Waals surface area contributed by atoms with Crippen molar-refractivity contribution in [3.05, 3.63) is 30.5 Å². The van der Waals surface area contributed by atoms with Gasteiger partial charge in [0.15, 0.2) is 0 Å². The fourth-order valence-corrected chi connectivity index (χ4v) is 2.63. The Labute approximate surface area is 119 Å². The maximum Gasteiger partial charge on any atom is 0.221 e. The molecule has 0 bridgehead atoms. The van der Waals surface area contributed by atoms with E-state index in [-0.39, 0.29) is 0 Å². The maximum absolute atomic E-state index is 5.94. The first-order valence-corrected chi connectivity index (χ1v) is 7.13. The summed E-state index contributed by atoms with van der Waals surface area (Å²) in [5.74, 6) is 2.15. The molecule has 1 fully saturated rings. The van der Waals surface area contributed by atoms with Crippen molar-refractivity contribution >= 4 is 10.8 Å². The van der Waals surface area contributed by atoms with E-state index in [0.717, 1.165) is 42.1 Å². The lowest BCUT2D eigenvalue weighted by Gasteiger charge is -2.22. The number of methoxy groups -OCH3 is 1. The van der Waals surface area contributed by atoms with Gasteiger partial charge in [-0.25, -0.2) is 4.98 Å². The fraction of sp³-hybridized carbons (Fsp3) is 0.438. The van der Waals surface area contributed by atoms with E-state index in [1.54, 1.807) is 13.3 Å². The van der Waals surface area contributed by atoms with Crippen molar-refractivity contribution in [2.24, 2.45) is 5.92 Å². The SMILES string of the molecule is COc1ccc2c(OCC3CCCNC3)nccc2c1. The standard InChI is InChI=1S/C16H20N2O2/c1-19-14-4-5-15-13(9-14)6-8-18-16(15)20-11-12-3-2-7-17-10-12/h4-6,8-9,12,17H,2-3,7,10-11H2,1H3. The van der Waals surface area contributed by atoms with E-state index in [4.69, 9.17) is 9.47 Å². The van der Waals surface area contributed by atoms with Crippen molar-refractivity contribution in [1.82, 2.24) is 10.3 Å². The molecule has 106 valence electrons. The number of hydrogen-bond acceptors (Lipinski definition) is 4. The minimum atomic E-state index is 0.582. The Bertz CT molecular complexity index is 580. The number of rotatable bonds is 4. The summed E-state index contributed by atoms with van der Waals surface area (Å²) in [6.45, 7) is 2.90. The molecular weight excluding hydrogens is 252 g/mol. The molecule has 1 aliphatic rings. The highest BCUT2D eigenvalue weighted by Gasteiger charge is 2.14. The quantitative estimate of drug-likeness (QED) is 0.929. The van der Waals surface area contributed by atoms with Gasteiger partial charge in [0.1, 0.15) is 5.75 Å². The molecule has 1 aromatic carbocycles. The minimum absolute atomic E-state index is 0.582. The Hall–Kier alpha value is -1.81. The monoisotopic (exact) mass is 272 g/mol. The van der Waals surface area contributed by atoms with E-state index in [2.05, 4.69) is 10.3 Å². The van der Waals surface area contributed by atoms with E-state index in [1.165, 1.54) is 12.8 Å². The van der Waals surface area contributed by atoms with Crippen molar-refractivity contribution in [3.63, 3.8) is 0 Å². The van der Waals surface area contributed by atoms with Gasteiger partial charge in [-0.05, 0) is 49.0 Å². The number of aromatic nitrogens is 1. The zero-order valence-electron chi connectivity index (χ0n) is 11.8. The summed E-state index contributed by atoms with van der Waals surface area (Å²) < 4.78 is 11.2. The third kappa shape index (κ3) is 2.85. The third-order valence-corrected chi connectivity index (χ3v) is 3.79. The highest BCUT2D eigenvalue weighted by molar-refractivity contribution is 5.87. The molecule has 1 unspecified atom stereocenters. The Balaban J connectivity index is 1.76. The van der Waals surface area contributed by atoms with Gasteiger partial charge < -0.3 is 14.8 Å². The van der Waals surface area contributed by atoms with Crippen LogP contribution in [0.15, 0.2) is 30.5 Å². The number of ether oxygens (including phenoxy) is 2. The van der Waals surface area contributed by atoms with Crippen LogP contribution in [0.1, 0.15) is 12.8 Å². The molecule has 0 radical (unpaired) electrons. The van der Waals surface area contributed by atoms with Crippen molar-refractivity contribution in [2.45, 2.75) is 12.8 Å². The number of pyridine rings is 1. The number of fused-ring (bicyclic) bond motifs is 1. The van der Waals surface area contributed by atoms with Gasteiger partial charge in [-0.2, -0.15) is 0 Å². The Morgan fingerprint density at radius 1 is 1.35 bits per heavy atom. The van der Waals surface area contributed by atoms with Gasteiger partial charge in [-0.3, -0.25) is 0 Å². The minimum Gasteiger partial charge on any atom is -0.497 e. The normalized spacial score (nSPS) is 18.9. The molecule has 4 nitrogen and oxygen atoms in total. The van der Waals surface area contributed by atoms with Crippen LogP contribution in [0, 0.1) is 5.92 Å². The van der Waals surface area contributed by atoms with E-state index in [0.29, 0.717) is 5.92 Å². The smallest absolute Gasteiger partial charge is 0.221 e. The van der Waals surface area contributed by atoms with Crippen molar-refractivity contribution in [1.29, 1.82) is 0 Å². The number of piperidine rings is 1. The molecule has 1 N–H and O–H groups in total. The van der Waals surface area contributed by atoms with Gasteiger partial charge in [0.2, 0.25) is 5.88 Å². The average molecular weight is 272 g/mol. The number of hydrogen-bond donors (Lipinski definition) is 1. The van der Waals surface area contributed by atoms with Crippen LogP contribution in [0.5, 0.6) is 11.6 Å². The lowest BCUT2D eigenvalue weighted by molar-refractivity contribution is 0.214. The van der Waals surface area contributed by atoms with Crippen molar-refractivity contribution in [3.8, 4) is 11.6 Å². The third-order valence-electron chi connectivity index (χ3n) is 3.79. The van der Waals surface area contributed by atoms with Crippen molar-refractivity contribution < 1.29 is 9.47 Å². The van der Waals surface area contributed by atoms with Gasteiger partial charge in [-0.15, -0.1) is 0 Å². The highest BCUT2D eigenvalue weighted by atomic mass is 16.5. The summed E-state index contributed by atoms with van der Waals surface area (Å²) in [4.78, 5) is 4.36. The molecule has 1 aliphatic heterocycles. The zero-order valence-corrected chi connectivity index (χ0v) is 11.8. The first kappa shape index (κ1) is 13.2. The van der Waals surface area contributed by atoms with Crippen LogP contribution < -0.4 is 14.8 Å². The lowest BCUT2D eigenvalue weighted by Crippen LogP contribution is -2.33. The fourth-order valence-electron chi connectivity index (χ4n) is 2.63. The highest BCUT2D eigenvalue weighted by Crippen LogP contribution is 2.27. The summed E-state index contributed by atoms with van der Waals surface area (Å²) in [5, 5.41) is 5.54. The van der Waals surface area contributed by atoms with Crippen LogP contribution in [0.2, 0.25) is 0 Å². The molecule has 1 saturated heterocycles. The molecule has 0 spiro atoms. The average Bonchev–Trinajstić information content (AvgIpc) is 2.53. The Morgan fingerprint density at radius 2 is 2.30 bits per heavy atom.